The van der Waals surface area contributed by atoms with Crippen molar-refractivity contribution in [3.63, 3.8) is 0 Å². The first kappa shape index (κ1) is 26.4. The number of aromatic nitrogens is 2. The number of nitrogens with zero attached hydrogens (tertiary/aromatic N) is 3. The number of imidazole rings is 1. The Bertz CT molecular complexity index is 1300. The zero-order valence-corrected chi connectivity index (χ0v) is 22.4. The van der Waals surface area contributed by atoms with Gasteiger partial charge in [0.15, 0.2) is 5.78 Å². The van der Waals surface area contributed by atoms with E-state index >= 15 is 0 Å². The van der Waals surface area contributed by atoms with Crippen LogP contribution < -0.4 is 0 Å². The maximum Gasteiger partial charge on any atom is 0.511 e. The number of ketones is 1. The number of amides is 1. The number of rotatable bonds is 8. The molecule has 1 N–H and O–H groups in total. The fraction of sp³-hybridized carbons (Fsp3) is 0.577. The second kappa shape index (κ2) is 10.5. The molecule has 0 spiro atoms. The van der Waals surface area contributed by atoms with Crippen molar-refractivity contribution in [2.45, 2.75) is 65.0 Å². The lowest BCUT2D eigenvalue weighted by Crippen LogP contribution is -2.63. The molecular weight excluding hydrogens is 514 g/mol. The van der Waals surface area contributed by atoms with Gasteiger partial charge in [-0.1, -0.05) is 26.2 Å². The smallest absolute Gasteiger partial charge is 0.434 e. The molecule has 1 saturated heterocycles. The van der Waals surface area contributed by atoms with E-state index < -0.39 is 37.0 Å². The monoisotopic (exact) mass is 545 g/mol. The summed E-state index contributed by atoms with van der Waals surface area (Å²) in [6.07, 6.45) is 6.93. The molecule has 4 heterocycles. The van der Waals surface area contributed by atoms with Gasteiger partial charge in [0.05, 0.1) is 29.5 Å². The summed E-state index contributed by atoms with van der Waals surface area (Å²) < 4.78 is 17.1. The molecule has 1 aliphatic carbocycles. The summed E-state index contributed by atoms with van der Waals surface area (Å²) in [5, 5.41) is 10.2. The van der Waals surface area contributed by atoms with Gasteiger partial charge in [0.2, 0.25) is 12.7 Å². The summed E-state index contributed by atoms with van der Waals surface area (Å²) in [6.45, 7) is 4.47. The van der Waals surface area contributed by atoms with Gasteiger partial charge in [-0.25, -0.2) is 14.6 Å². The highest BCUT2D eigenvalue weighted by atomic mass is 32.1. The molecule has 0 aromatic carbocycles. The first-order valence-corrected chi connectivity index (χ1v) is 13.7. The number of carbonyl (C=O) groups excluding carboxylic acids is 4. The predicted molar refractivity (Wildman–Crippen MR) is 135 cm³/mol. The standard InChI is InChI=1S/C26H31N3O8S/c1-13-18(17-9-28-11-27-20(15(3)31)24(28)38-17)22(29-21(13)19(14(2)30)23(29)32)25(33)36-12-37-26(34)35-10-16-7-5-4-6-8-16/h9,11,13-14,16,19,21,30H,4-8,10,12H2,1-3H3/t13-,14+,19+,21+/m0/s1. The van der Waals surface area contributed by atoms with E-state index in [0.717, 1.165) is 25.7 Å². The van der Waals surface area contributed by atoms with Crippen molar-refractivity contribution in [1.29, 1.82) is 0 Å². The van der Waals surface area contributed by atoms with Crippen LogP contribution in [0.1, 0.15) is 68.2 Å². The van der Waals surface area contributed by atoms with Crippen molar-refractivity contribution in [2.75, 3.05) is 13.4 Å². The number of Topliss-reactive ketones (excluding diaryl/α,β-unsaturated/α-hetero) is 1. The van der Waals surface area contributed by atoms with Crippen molar-refractivity contribution in [3.8, 4) is 0 Å². The molecule has 0 radical (unpaired) electrons. The predicted octanol–water partition coefficient (Wildman–Crippen LogP) is 3.40. The highest BCUT2D eigenvalue weighted by Crippen LogP contribution is 2.51. The molecule has 3 aliphatic rings. The van der Waals surface area contributed by atoms with Crippen LogP contribution in [0.4, 0.5) is 4.79 Å². The largest absolute Gasteiger partial charge is 0.511 e. The fourth-order valence-corrected chi connectivity index (χ4v) is 7.10. The minimum atomic E-state index is -0.915. The van der Waals surface area contributed by atoms with Gasteiger partial charge in [-0.2, -0.15) is 0 Å². The number of esters is 1. The molecular formula is C26H31N3O8S. The number of aliphatic hydroxyl groups excluding tert-OH is 1. The number of ether oxygens (including phenoxy) is 3. The van der Waals surface area contributed by atoms with E-state index in [2.05, 4.69) is 4.98 Å². The number of aliphatic hydroxyl groups is 1. The first-order chi connectivity index (χ1) is 18.2. The third kappa shape index (κ3) is 4.60. The van der Waals surface area contributed by atoms with Crippen LogP contribution in [0.5, 0.6) is 0 Å². The highest BCUT2D eigenvalue weighted by Gasteiger charge is 2.60. The summed E-state index contributed by atoms with van der Waals surface area (Å²) in [6, 6.07) is -0.423. The van der Waals surface area contributed by atoms with Crippen LogP contribution in [0, 0.1) is 17.8 Å². The Kier molecular flexibility index (Phi) is 7.28. The van der Waals surface area contributed by atoms with Gasteiger partial charge < -0.3 is 24.2 Å². The van der Waals surface area contributed by atoms with E-state index in [1.165, 1.54) is 35.9 Å². The second-order valence-corrected chi connectivity index (χ2v) is 11.3. The molecule has 204 valence electrons. The van der Waals surface area contributed by atoms with Gasteiger partial charge in [0.1, 0.15) is 22.5 Å². The molecule has 38 heavy (non-hydrogen) atoms. The third-order valence-electron chi connectivity index (χ3n) is 7.70. The van der Waals surface area contributed by atoms with Crippen LogP contribution in [0.15, 0.2) is 18.2 Å². The van der Waals surface area contributed by atoms with E-state index in [1.807, 2.05) is 6.92 Å². The third-order valence-corrected chi connectivity index (χ3v) is 8.85. The Morgan fingerprint density at radius 1 is 1.18 bits per heavy atom. The molecule has 11 nitrogen and oxygen atoms in total. The highest BCUT2D eigenvalue weighted by molar-refractivity contribution is 7.18. The van der Waals surface area contributed by atoms with Crippen molar-refractivity contribution in [1.82, 2.24) is 14.3 Å². The zero-order chi connectivity index (χ0) is 27.1. The van der Waals surface area contributed by atoms with E-state index in [1.54, 1.807) is 17.5 Å². The average molecular weight is 546 g/mol. The van der Waals surface area contributed by atoms with Gasteiger partial charge in [-0.05, 0) is 25.7 Å². The minimum absolute atomic E-state index is 0.0467. The Hall–Kier alpha value is -3.25. The van der Waals surface area contributed by atoms with E-state index in [9.17, 15) is 24.3 Å². The van der Waals surface area contributed by atoms with Gasteiger partial charge in [-0.3, -0.25) is 14.0 Å². The summed E-state index contributed by atoms with van der Waals surface area (Å²) >= 11 is 1.28. The summed E-state index contributed by atoms with van der Waals surface area (Å²) in [5.41, 5.74) is 0.933. The van der Waals surface area contributed by atoms with Crippen LogP contribution in [0.25, 0.3) is 10.4 Å². The van der Waals surface area contributed by atoms with Gasteiger partial charge in [0.25, 0.3) is 0 Å². The maximum atomic E-state index is 13.3. The SMILES string of the molecule is CC(=O)c1ncn2cc(C3=C(C(=O)OCOC(=O)OCC4CCCCC4)N4C(=O)[C@H]([C@@H](C)O)[C@H]4[C@H]3C)sc12. The average Bonchev–Trinajstić information content (AvgIpc) is 3.52. The molecule has 2 aliphatic heterocycles. The molecule has 2 fully saturated rings. The van der Waals surface area contributed by atoms with Crippen molar-refractivity contribution in [3.05, 3.63) is 28.8 Å². The van der Waals surface area contributed by atoms with Crippen LogP contribution in [-0.2, 0) is 23.8 Å². The van der Waals surface area contributed by atoms with Gasteiger partial charge in [-0.15, -0.1) is 11.3 Å². The van der Waals surface area contributed by atoms with Crippen molar-refractivity contribution >= 4 is 45.6 Å². The number of β-lactam (4-membered cyclic amide) rings is 1. The molecule has 2 aromatic heterocycles. The number of hydrogen-bond donors (Lipinski definition) is 1. The normalized spacial score (nSPS) is 24.3. The number of thiazole rings is 1. The topological polar surface area (TPSA) is 137 Å². The quantitative estimate of drug-likeness (QED) is 0.229. The molecule has 0 unspecified atom stereocenters. The lowest BCUT2D eigenvalue weighted by Gasteiger charge is -2.46. The molecule has 0 bridgehead atoms. The Morgan fingerprint density at radius 3 is 2.61 bits per heavy atom. The van der Waals surface area contributed by atoms with Crippen molar-refractivity contribution < 1.29 is 38.5 Å². The zero-order valence-electron chi connectivity index (χ0n) is 21.5. The van der Waals surface area contributed by atoms with Crippen LogP contribution >= 0.6 is 11.3 Å². The lowest BCUT2D eigenvalue weighted by atomic mass is 9.77. The van der Waals surface area contributed by atoms with E-state index in [0.29, 0.717) is 26.9 Å². The summed E-state index contributed by atoms with van der Waals surface area (Å²) in [5.74, 6) is -2.02. The van der Waals surface area contributed by atoms with Gasteiger partial charge >= 0.3 is 12.1 Å². The van der Waals surface area contributed by atoms with E-state index in [4.69, 9.17) is 14.2 Å². The minimum Gasteiger partial charge on any atom is -0.434 e. The van der Waals surface area contributed by atoms with Crippen LogP contribution in [0.3, 0.4) is 0 Å². The lowest BCUT2D eigenvalue weighted by molar-refractivity contribution is -0.166. The summed E-state index contributed by atoms with van der Waals surface area (Å²) in [4.78, 5) is 57.0. The van der Waals surface area contributed by atoms with Crippen molar-refractivity contribution in [2.24, 2.45) is 17.8 Å². The Morgan fingerprint density at radius 2 is 1.92 bits per heavy atom. The molecule has 4 atom stereocenters. The number of carbonyl (C=O) groups is 4. The second-order valence-electron chi connectivity index (χ2n) is 10.2. The first-order valence-electron chi connectivity index (χ1n) is 12.9. The fourth-order valence-electron chi connectivity index (χ4n) is 5.83. The molecule has 1 amide bonds. The van der Waals surface area contributed by atoms with Crippen LogP contribution in [0.2, 0.25) is 0 Å². The Labute approximate surface area is 223 Å². The molecule has 2 aromatic rings. The molecule has 5 rings (SSSR count). The van der Waals surface area contributed by atoms with Gasteiger partial charge in [0, 0.05) is 24.6 Å². The van der Waals surface area contributed by atoms with Crippen LogP contribution in [-0.4, -0.2) is 68.8 Å². The molecule has 1 saturated carbocycles. The molecule has 12 heteroatoms. The Balaban J connectivity index is 1.34. The number of hydrogen-bond acceptors (Lipinski definition) is 10. The van der Waals surface area contributed by atoms with E-state index in [-0.39, 0.29) is 29.9 Å². The maximum absolute atomic E-state index is 13.3. The number of fused-ring (bicyclic) bond motifs is 2. The summed E-state index contributed by atoms with van der Waals surface area (Å²) in [7, 11) is 0.